The molecule has 0 bridgehead atoms. The zero-order valence-corrected chi connectivity index (χ0v) is 35.7. The van der Waals surface area contributed by atoms with Crippen molar-refractivity contribution < 1.29 is 0 Å². The molecule has 0 atom stereocenters. The van der Waals surface area contributed by atoms with Crippen LogP contribution in [0.15, 0.2) is 212 Å². The molecule has 5 heterocycles. The quantitative estimate of drug-likeness (QED) is 0.157. The maximum Gasteiger partial charge on any atom is 0.235 e. The van der Waals surface area contributed by atoms with Crippen molar-refractivity contribution in [2.24, 2.45) is 0 Å². The predicted molar refractivity (Wildman–Crippen MR) is 272 cm³/mol. The predicted octanol–water partition coefficient (Wildman–Crippen LogP) is 15.7. The van der Waals surface area contributed by atoms with Gasteiger partial charge in [0.05, 0.1) is 50.5 Å². The lowest BCUT2D eigenvalue weighted by Crippen LogP contribution is -2.04. The molecule has 9 aromatic carbocycles. The van der Waals surface area contributed by atoms with Crippen molar-refractivity contribution in [1.82, 2.24) is 24.1 Å². The van der Waals surface area contributed by atoms with Gasteiger partial charge in [0.15, 0.2) is 0 Å². The van der Waals surface area contributed by atoms with Crippen LogP contribution in [0.4, 0.5) is 0 Å². The van der Waals surface area contributed by atoms with Gasteiger partial charge in [-0.1, -0.05) is 170 Å². The Balaban J connectivity index is 1.15. The zero-order chi connectivity index (χ0) is 42.6. The molecule has 5 nitrogen and oxygen atoms in total. The molecule has 0 aliphatic rings. The monoisotopic (exact) mass is 845 g/mol. The van der Waals surface area contributed by atoms with E-state index in [-0.39, 0.29) is 0 Å². The number of rotatable bonds is 6. The highest BCUT2D eigenvalue weighted by molar-refractivity contribution is 7.26. The van der Waals surface area contributed by atoms with Crippen LogP contribution < -0.4 is 0 Å². The molecule has 0 saturated heterocycles. The van der Waals surface area contributed by atoms with Crippen LogP contribution in [0, 0.1) is 0 Å². The van der Waals surface area contributed by atoms with Crippen molar-refractivity contribution in [2.45, 2.75) is 0 Å². The van der Waals surface area contributed by atoms with E-state index in [1.165, 1.54) is 47.1 Å². The molecule has 0 unspecified atom stereocenters. The number of hydrogen-bond donors (Lipinski definition) is 0. The second kappa shape index (κ2) is 14.0. The normalized spacial score (nSPS) is 12.0. The fourth-order valence-corrected chi connectivity index (χ4v) is 11.4. The summed E-state index contributed by atoms with van der Waals surface area (Å²) in [6.07, 6.45) is 0. The van der Waals surface area contributed by atoms with E-state index in [9.17, 15) is 0 Å². The average Bonchev–Trinajstić information content (AvgIpc) is 4.04. The fraction of sp³-hybridized carbons (Fsp3) is 0. The van der Waals surface area contributed by atoms with Gasteiger partial charge < -0.3 is 4.57 Å². The smallest absolute Gasteiger partial charge is 0.235 e. The van der Waals surface area contributed by atoms with Gasteiger partial charge in [-0.3, -0.25) is 4.57 Å². The summed E-state index contributed by atoms with van der Waals surface area (Å²) in [7, 11) is 0. The molecule has 65 heavy (non-hydrogen) atoms. The van der Waals surface area contributed by atoms with E-state index in [1.807, 2.05) is 11.3 Å². The number of aromatic nitrogens is 5. The molecule has 0 saturated carbocycles. The molecule has 0 aliphatic carbocycles. The minimum absolute atomic E-state index is 0.639. The second-order valence-electron chi connectivity index (χ2n) is 16.8. The number of thiophene rings is 1. The van der Waals surface area contributed by atoms with Crippen molar-refractivity contribution >= 4 is 85.9 Å². The highest BCUT2D eigenvalue weighted by atomic mass is 32.1. The molecule has 0 amide bonds. The molecule has 0 spiro atoms. The fourth-order valence-electron chi connectivity index (χ4n) is 10.2. The lowest BCUT2D eigenvalue weighted by Gasteiger charge is -2.14. The summed E-state index contributed by atoms with van der Waals surface area (Å²) in [4.78, 5) is 16.2. The summed E-state index contributed by atoms with van der Waals surface area (Å²) in [5.41, 5.74) is 13.3. The Bertz CT molecular complexity index is 4040. The first kappa shape index (κ1) is 36.1. The van der Waals surface area contributed by atoms with E-state index in [0.717, 1.165) is 78.2 Å². The third-order valence-electron chi connectivity index (χ3n) is 13.1. The van der Waals surface area contributed by atoms with Crippen LogP contribution in [0.1, 0.15) is 0 Å². The largest absolute Gasteiger partial charge is 0.308 e. The van der Waals surface area contributed by atoms with Gasteiger partial charge in [-0.25, -0.2) is 15.0 Å². The Labute approximate surface area is 377 Å². The molecule has 14 aromatic rings. The molecule has 0 radical (unpaired) electrons. The van der Waals surface area contributed by atoms with Gasteiger partial charge in [-0.2, -0.15) is 0 Å². The standard InChI is InChI=1S/C59H35N5S/c1-5-17-36(18-6-1)47-31-40(32-48(60-47)37-19-7-2-8-20-37)63-51-27-15-13-25-41(51)45-33-52-55-43(57(45)63)29-30-44-56(55)53(34-46-42-26-14-16-28-54(42)65-58(44)46)64(52)59-61-49(38-21-9-3-10-22-38)35-50(62-59)39-23-11-4-12-24-39/h1-35H. The number of para-hydroxylation sites is 1. The van der Waals surface area contributed by atoms with Crippen LogP contribution in [-0.2, 0) is 0 Å². The number of nitrogens with zero attached hydrogens (tertiary/aromatic N) is 5. The number of pyridine rings is 1. The average molecular weight is 846 g/mol. The van der Waals surface area contributed by atoms with E-state index >= 15 is 0 Å². The molecule has 5 aromatic heterocycles. The number of benzene rings is 9. The highest BCUT2D eigenvalue weighted by Gasteiger charge is 2.27. The minimum atomic E-state index is 0.639. The van der Waals surface area contributed by atoms with Crippen molar-refractivity contribution in [3.8, 4) is 56.7 Å². The molecule has 6 heteroatoms. The first-order chi connectivity index (χ1) is 32.2. The van der Waals surface area contributed by atoms with E-state index < -0.39 is 0 Å². The molecule has 0 N–H and O–H groups in total. The maximum absolute atomic E-state index is 5.48. The minimum Gasteiger partial charge on any atom is -0.308 e. The highest BCUT2D eigenvalue weighted by Crippen LogP contribution is 2.49. The summed E-state index contributed by atoms with van der Waals surface area (Å²) in [5.74, 6) is 0.639. The summed E-state index contributed by atoms with van der Waals surface area (Å²) in [5, 5.41) is 9.66. The Hall–Kier alpha value is -8.45. The molecular formula is C59H35N5S. The maximum atomic E-state index is 5.48. The SMILES string of the molecule is c1ccc(-c2cc(-n3c4ccccc4c4cc5c6c(ccc7c8sc9ccccc9c8cc(c76)n5-c5nc(-c6ccccc6)cc(-c6ccccc6)n5)c43)cc(-c3ccccc3)n2)cc1. The Morgan fingerprint density at radius 1 is 0.323 bits per heavy atom. The first-order valence-electron chi connectivity index (χ1n) is 21.9. The second-order valence-corrected chi connectivity index (χ2v) is 17.8. The van der Waals surface area contributed by atoms with E-state index in [0.29, 0.717) is 5.95 Å². The summed E-state index contributed by atoms with van der Waals surface area (Å²) in [6.45, 7) is 0. The van der Waals surface area contributed by atoms with Crippen molar-refractivity contribution in [1.29, 1.82) is 0 Å². The van der Waals surface area contributed by atoms with Crippen molar-refractivity contribution in [3.05, 3.63) is 212 Å². The van der Waals surface area contributed by atoms with Crippen LogP contribution in [0.3, 0.4) is 0 Å². The molecule has 0 aliphatic heterocycles. The van der Waals surface area contributed by atoms with Crippen molar-refractivity contribution in [2.75, 3.05) is 0 Å². The molecule has 302 valence electrons. The summed E-state index contributed by atoms with van der Waals surface area (Å²) >= 11 is 1.87. The lowest BCUT2D eigenvalue weighted by molar-refractivity contribution is 0.997. The van der Waals surface area contributed by atoms with Gasteiger partial charge in [0, 0.05) is 74.7 Å². The third kappa shape index (κ3) is 5.48. The van der Waals surface area contributed by atoms with Gasteiger partial charge >= 0.3 is 0 Å². The Morgan fingerprint density at radius 2 is 0.800 bits per heavy atom. The van der Waals surface area contributed by atoms with Crippen molar-refractivity contribution in [3.63, 3.8) is 0 Å². The van der Waals surface area contributed by atoms with Crippen LogP contribution in [0.5, 0.6) is 0 Å². The number of fused-ring (bicyclic) bond motifs is 8. The molecule has 14 rings (SSSR count). The van der Waals surface area contributed by atoms with Crippen LogP contribution in [0.25, 0.3) is 131 Å². The Kier molecular flexibility index (Phi) is 7.79. The molecule has 0 fully saturated rings. The topological polar surface area (TPSA) is 48.5 Å². The zero-order valence-electron chi connectivity index (χ0n) is 34.9. The van der Waals surface area contributed by atoms with Crippen LogP contribution in [0.2, 0.25) is 0 Å². The van der Waals surface area contributed by atoms with Gasteiger partial charge in [-0.15, -0.1) is 11.3 Å². The van der Waals surface area contributed by atoms with E-state index in [1.54, 1.807) is 0 Å². The van der Waals surface area contributed by atoms with E-state index in [4.69, 9.17) is 15.0 Å². The Morgan fingerprint density at radius 3 is 1.40 bits per heavy atom. The third-order valence-corrected chi connectivity index (χ3v) is 14.3. The van der Waals surface area contributed by atoms with Gasteiger partial charge in [-0.05, 0) is 42.5 Å². The first-order valence-corrected chi connectivity index (χ1v) is 22.8. The summed E-state index contributed by atoms with van der Waals surface area (Å²) in [6, 6.07) is 75.7. The summed E-state index contributed by atoms with van der Waals surface area (Å²) < 4.78 is 7.38. The van der Waals surface area contributed by atoms with Crippen LogP contribution in [-0.4, -0.2) is 24.1 Å². The van der Waals surface area contributed by atoms with Gasteiger partial charge in [0.25, 0.3) is 0 Å². The lowest BCUT2D eigenvalue weighted by atomic mass is 9.98. The van der Waals surface area contributed by atoms with Gasteiger partial charge in [0.2, 0.25) is 5.95 Å². The number of hydrogen-bond acceptors (Lipinski definition) is 4. The van der Waals surface area contributed by atoms with Gasteiger partial charge in [0.1, 0.15) is 0 Å². The van der Waals surface area contributed by atoms with Crippen LogP contribution >= 0.6 is 11.3 Å². The molecular weight excluding hydrogens is 811 g/mol. The van der Waals surface area contributed by atoms with E-state index in [2.05, 4.69) is 221 Å².